The number of ether oxygens (including phenoxy) is 2. The predicted octanol–water partition coefficient (Wildman–Crippen LogP) is 3.90. The van der Waals surface area contributed by atoms with Gasteiger partial charge in [-0.25, -0.2) is 0 Å². The van der Waals surface area contributed by atoms with E-state index in [1.54, 1.807) is 48.5 Å². The fourth-order valence-corrected chi connectivity index (χ4v) is 4.76. The van der Waals surface area contributed by atoms with Gasteiger partial charge in [-0.15, -0.1) is 0 Å². The largest absolute Gasteiger partial charge is 0.508 e. The van der Waals surface area contributed by atoms with Crippen molar-refractivity contribution < 1.29 is 39.5 Å². The van der Waals surface area contributed by atoms with E-state index < -0.39 is 18.4 Å². The summed E-state index contributed by atoms with van der Waals surface area (Å²) in [5.74, 6) is -1.31. The SMILES string of the molecule is CN(C[C@H]1C[C@@H](c2ccc(CO)cc2)O[C@@H](c2ccc(NC(=O)CCC(=O)O)cc2)O1)C[C@@H](O)c1cccc(O)c1. The number of carbonyl (C=O) groups excluding carboxylic acids is 1. The first-order valence-electron chi connectivity index (χ1n) is 13.5. The minimum atomic E-state index is -1.03. The second-order valence-corrected chi connectivity index (χ2v) is 10.2. The lowest BCUT2D eigenvalue weighted by Crippen LogP contribution is -2.39. The van der Waals surface area contributed by atoms with Crippen LogP contribution in [0.1, 0.15) is 60.0 Å². The number of carboxylic acid groups (broad SMARTS) is 1. The summed E-state index contributed by atoms with van der Waals surface area (Å²) < 4.78 is 12.7. The summed E-state index contributed by atoms with van der Waals surface area (Å²) in [6, 6.07) is 21.2. The molecule has 5 N–H and O–H groups in total. The van der Waals surface area contributed by atoms with Gasteiger partial charge in [0.1, 0.15) is 5.75 Å². The molecule has 0 aromatic heterocycles. The first kappa shape index (κ1) is 30.2. The summed E-state index contributed by atoms with van der Waals surface area (Å²) in [6.07, 6.45) is -1.80. The lowest BCUT2D eigenvalue weighted by atomic mass is 9.99. The van der Waals surface area contributed by atoms with E-state index in [1.807, 2.05) is 36.2 Å². The zero-order valence-electron chi connectivity index (χ0n) is 22.8. The number of aliphatic hydroxyl groups excluding tert-OH is 2. The molecule has 1 amide bonds. The third-order valence-corrected chi connectivity index (χ3v) is 6.90. The summed E-state index contributed by atoms with van der Waals surface area (Å²) >= 11 is 0. The summed E-state index contributed by atoms with van der Waals surface area (Å²) in [4.78, 5) is 24.7. The zero-order chi connectivity index (χ0) is 29.4. The number of rotatable bonds is 12. The van der Waals surface area contributed by atoms with Crippen LogP contribution < -0.4 is 5.32 Å². The summed E-state index contributed by atoms with van der Waals surface area (Å²) in [5.41, 5.74) is 3.66. The molecule has 0 radical (unpaired) electrons. The van der Waals surface area contributed by atoms with Gasteiger partial charge in [-0.05, 0) is 48.0 Å². The van der Waals surface area contributed by atoms with Crippen molar-refractivity contribution in [1.82, 2.24) is 4.90 Å². The van der Waals surface area contributed by atoms with Gasteiger partial charge in [-0.3, -0.25) is 9.59 Å². The Hall–Kier alpha value is -3.80. The van der Waals surface area contributed by atoms with Crippen molar-refractivity contribution in [3.8, 4) is 5.75 Å². The molecular formula is C31H36N2O8. The summed E-state index contributed by atoms with van der Waals surface area (Å²) in [5, 5.41) is 41.4. The molecule has 41 heavy (non-hydrogen) atoms. The molecule has 0 bridgehead atoms. The quantitative estimate of drug-likeness (QED) is 0.221. The molecule has 1 aliphatic heterocycles. The minimum Gasteiger partial charge on any atom is -0.508 e. The van der Waals surface area contributed by atoms with Crippen molar-refractivity contribution in [2.24, 2.45) is 0 Å². The standard InChI is InChI=1S/C31H36N2O8/c1-33(18-27(36)23-3-2-4-25(35)15-23)17-26-16-28(21-7-5-20(19-34)6-8-21)41-31(40-26)22-9-11-24(12-10-22)32-29(37)13-14-30(38)39/h2-12,15,26-28,31,34-36H,13-14,16-19H2,1H3,(H,32,37)(H,38,39)/t26-,27-,28+,31+/m1/s1. The fraction of sp³-hybridized carbons (Fsp3) is 0.355. The lowest BCUT2D eigenvalue weighted by molar-refractivity contribution is -0.252. The van der Waals surface area contributed by atoms with Gasteiger partial charge in [0.2, 0.25) is 5.91 Å². The van der Waals surface area contributed by atoms with Crippen LogP contribution in [0.5, 0.6) is 5.75 Å². The fourth-order valence-electron chi connectivity index (χ4n) is 4.76. The molecule has 0 spiro atoms. The smallest absolute Gasteiger partial charge is 0.303 e. The molecule has 4 rings (SSSR count). The first-order valence-corrected chi connectivity index (χ1v) is 13.5. The molecule has 1 aliphatic rings. The van der Waals surface area contributed by atoms with E-state index in [9.17, 15) is 24.9 Å². The molecule has 0 saturated carbocycles. The highest BCUT2D eigenvalue weighted by molar-refractivity contribution is 5.92. The topological polar surface area (TPSA) is 149 Å². The van der Waals surface area contributed by atoms with Gasteiger partial charge in [0.05, 0.1) is 31.3 Å². The number of benzene rings is 3. The van der Waals surface area contributed by atoms with Crippen molar-refractivity contribution >= 4 is 17.6 Å². The number of nitrogens with one attached hydrogen (secondary N) is 1. The van der Waals surface area contributed by atoms with Crippen LogP contribution >= 0.6 is 0 Å². The van der Waals surface area contributed by atoms with Gasteiger partial charge < -0.3 is 40.1 Å². The number of anilines is 1. The van der Waals surface area contributed by atoms with Crippen molar-refractivity contribution in [3.05, 3.63) is 95.1 Å². The highest BCUT2D eigenvalue weighted by Gasteiger charge is 2.33. The average Bonchev–Trinajstić information content (AvgIpc) is 2.96. The molecule has 10 heteroatoms. The molecule has 1 fully saturated rings. The van der Waals surface area contributed by atoms with E-state index in [4.69, 9.17) is 14.6 Å². The van der Waals surface area contributed by atoms with Gasteiger partial charge in [0, 0.05) is 37.2 Å². The number of carboxylic acids is 1. The number of phenols is 1. The van der Waals surface area contributed by atoms with Crippen molar-refractivity contribution in [3.63, 3.8) is 0 Å². The molecule has 3 aromatic rings. The van der Waals surface area contributed by atoms with E-state index in [1.165, 1.54) is 0 Å². The zero-order valence-corrected chi connectivity index (χ0v) is 22.8. The Bertz CT molecular complexity index is 1300. The third kappa shape index (κ3) is 8.84. The van der Waals surface area contributed by atoms with Crippen molar-refractivity contribution in [1.29, 1.82) is 0 Å². The van der Waals surface area contributed by atoms with Crippen LogP contribution in [0, 0.1) is 0 Å². The first-order chi connectivity index (χ1) is 19.7. The molecular weight excluding hydrogens is 528 g/mol. The van der Waals surface area contributed by atoms with E-state index in [0.29, 0.717) is 30.8 Å². The number of phenolic OH excluding ortho intramolecular Hbond substituents is 1. The van der Waals surface area contributed by atoms with Crippen LogP contribution in [0.25, 0.3) is 0 Å². The van der Waals surface area contributed by atoms with Crippen LogP contribution in [-0.2, 0) is 25.7 Å². The van der Waals surface area contributed by atoms with Gasteiger partial charge >= 0.3 is 5.97 Å². The van der Waals surface area contributed by atoms with Crippen LogP contribution in [0.4, 0.5) is 5.69 Å². The van der Waals surface area contributed by atoms with Gasteiger partial charge in [-0.2, -0.15) is 0 Å². The highest BCUT2D eigenvalue weighted by atomic mass is 16.7. The summed E-state index contributed by atoms with van der Waals surface area (Å²) in [6.45, 7) is 0.797. The second kappa shape index (κ2) is 14.2. The average molecular weight is 565 g/mol. The highest BCUT2D eigenvalue weighted by Crippen LogP contribution is 2.38. The minimum absolute atomic E-state index is 0.0499. The maximum Gasteiger partial charge on any atom is 0.303 e. The van der Waals surface area contributed by atoms with Gasteiger partial charge in [0.15, 0.2) is 6.29 Å². The maximum atomic E-state index is 12.0. The normalized spacial score (nSPS) is 19.6. The van der Waals surface area contributed by atoms with E-state index in [0.717, 1.165) is 16.7 Å². The van der Waals surface area contributed by atoms with Crippen LogP contribution in [0.3, 0.4) is 0 Å². The molecule has 3 aromatic carbocycles. The van der Waals surface area contributed by atoms with E-state index in [-0.39, 0.29) is 43.3 Å². The number of aromatic hydroxyl groups is 1. The number of aliphatic carboxylic acids is 1. The number of hydrogen-bond donors (Lipinski definition) is 5. The monoisotopic (exact) mass is 564 g/mol. The number of amides is 1. The lowest BCUT2D eigenvalue weighted by Gasteiger charge is -2.38. The second-order valence-electron chi connectivity index (χ2n) is 10.2. The van der Waals surface area contributed by atoms with Crippen LogP contribution in [-0.4, -0.2) is 63.4 Å². The molecule has 1 heterocycles. The van der Waals surface area contributed by atoms with Gasteiger partial charge in [0.25, 0.3) is 0 Å². The number of carbonyl (C=O) groups is 2. The number of likely N-dealkylation sites (N-methyl/N-ethyl adjacent to an activating group) is 1. The number of nitrogens with zero attached hydrogens (tertiary/aromatic N) is 1. The molecule has 1 saturated heterocycles. The molecule has 4 atom stereocenters. The Kier molecular flexibility index (Phi) is 10.4. The summed E-state index contributed by atoms with van der Waals surface area (Å²) in [7, 11) is 1.90. The van der Waals surface area contributed by atoms with E-state index >= 15 is 0 Å². The Labute approximate surface area is 238 Å². The molecule has 10 nitrogen and oxygen atoms in total. The van der Waals surface area contributed by atoms with Gasteiger partial charge in [-0.1, -0.05) is 48.5 Å². The number of aliphatic hydroxyl groups is 2. The molecule has 0 aliphatic carbocycles. The van der Waals surface area contributed by atoms with E-state index in [2.05, 4.69) is 5.32 Å². The van der Waals surface area contributed by atoms with Crippen molar-refractivity contribution in [2.45, 2.75) is 50.5 Å². The Morgan fingerprint density at radius 1 is 1.00 bits per heavy atom. The van der Waals surface area contributed by atoms with Crippen LogP contribution in [0.15, 0.2) is 72.8 Å². The Balaban J connectivity index is 1.46. The van der Waals surface area contributed by atoms with Crippen molar-refractivity contribution in [2.75, 3.05) is 25.5 Å². The number of hydrogen-bond acceptors (Lipinski definition) is 8. The van der Waals surface area contributed by atoms with Crippen LogP contribution in [0.2, 0.25) is 0 Å². The molecule has 0 unspecified atom stereocenters. The molecule has 218 valence electrons. The maximum absolute atomic E-state index is 12.0. The third-order valence-electron chi connectivity index (χ3n) is 6.90. The Morgan fingerprint density at radius 3 is 2.37 bits per heavy atom. The Morgan fingerprint density at radius 2 is 1.71 bits per heavy atom. The predicted molar refractivity (Wildman–Crippen MR) is 151 cm³/mol.